The van der Waals surface area contributed by atoms with Crippen LogP contribution in [-0.2, 0) is 17.1 Å². The lowest BCUT2D eigenvalue weighted by Crippen LogP contribution is -2.35. The summed E-state index contributed by atoms with van der Waals surface area (Å²) in [5, 5.41) is 3.82. The Balaban J connectivity index is 2.41. The molecule has 1 N–H and O–H groups in total. The number of nitrogens with one attached hydrogen (secondary N) is 1. The standard InChI is InChI=1S/C13H15FN4O4S3/c1-4-22-12-15-18(13(23)17(12)2)11(19)16-25(20,21)10-8(14)6-5-7-9(10)24-3/h5-7H,4H2,1-3H3,(H,16,19). The molecule has 0 fully saturated rings. The molecule has 0 bridgehead atoms. The van der Waals surface area contributed by atoms with Gasteiger partial charge in [0.25, 0.3) is 10.0 Å². The fraction of sp³-hybridized carbons (Fsp3) is 0.308. The van der Waals surface area contributed by atoms with Crippen LogP contribution in [0, 0.1) is 10.6 Å². The number of hydrogen-bond donors (Lipinski definition) is 1. The Morgan fingerprint density at radius 3 is 2.76 bits per heavy atom. The fourth-order valence-electron chi connectivity index (χ4n) is 1.93. The van der Waals surface area contributed by atoms with Crippen molar-refractivity contribution in [1.82, 2.24) is 19.1 Å². The van der Waals surface area contributed by atoms with Gasteiger partial charge < -0.3 is 4.74 Å². The lowest BCUT2D eigenvalue weighted by Gasteiger charge is -2.10. The summed E-state index contributed by atoms with van der Waals surface area (Å²) in [5.41, 5.74) is 0. The molecule has 0 saturated carbocycles. The first kappa shape index (κ1) is 19.4. The molecule has 136 valence electrons. The maximum atomic E-state index is 14.0. The molecule has 12 heteroatoms. The second kappa shape index (κ2) is 7.54. The van der Waals surface area contributed by atoms with Gasteiger partial charge in [-0.3, -0.25) is 4.57 Å². The van der Waals surface area contributed by atoms with Crippen LogP contribution in [0.3, 0.4) is 0 Å². The number of amides is 1. The Labute approximate surface area is 153 Å². The smallest absolute Gasteiger partial charge is 0.358 e. The Morgan fingerprint density at radius 1 is 1.48 bits per heavy atom. The normalized spacial score (nSPS) is 11.4. The first-order valence-electron chi connectivity index (χ1n) is 6.91. The minimum Gasteiger partial charge on any atom is -0.464 e. The summed E-state index contributed by atoms with van der Waals surface area (Å²) in [7, 11) is -2.95. The van der Waals surface area contributed by atoms with Gasteiger partial charge in [-0.2, -0.15) is 0 Å². The van der Waals surface area contributed by atoms with E-state index in [-0.39, 0.29) is 22.3 Å². The van der Waals surface area contributed by atoms with Crippen LogP contribution in [0.15, 0.2) is 28.0 Å². The highest BCUT2D eigenvalue weighted by molar-refractivity contribution is 7.99. The van der Waals surface area contributed by atoms with Crippen LogP contribution in [-0.4, -0.2) is 41.7 Å². The number of halogens is 1. The molecule has 0 spiro atoms. The van der Waals surface area contributed by atoms with Gasteiger partial charge >= 0.3 is 12.0 Å². The van der Waals surface area contributed by atoms with Gasteiger partial charge in [0.15, 0.2) is 0 Å². The Morgan fingerprint density at radius 2 is 2.16 bits per heavy atom. The molecule has 2 rings (SSSR count). The SMILES string of the molecule is CCOc1nn(C(=O)NS(=O)(=O)c2c(F)cccc2SC)c(=S)n1C. The lowest BCUT2D eigenvalue weighted by molar-refractivity contribution is 0.242. The molecule has 0 saturated heterocycles. The third-order valence-corrected chi connectivity index (χ3v) is 5.80. The van der Waals surface area contributed by atoms with Gasteiger partial charge in [0.1, 0.15) is 10.7 Å². The predicted octanol–water partition coefficient (Wildman–Crippen LogP) is 2.16. The van der Waals surface area contributed by atoms with Crippen LogP contribution >= 0.6 is 24.0 Å². The number of rotatable bonds is 5. The number of thioether (sulfide) groups is 1. The third kappa shape index (κ3) is 3.85. The molecule has 8 nitrogen and oxygen atoms in total. The molecule has 0 radical (unpaired) electrons. The van der Waals surface area contributed by atoms with Gasteiger partial charge in [0, 0.05) is 11.9 Å². The van der Waals surface area contributed by atoms with Gasteiger partial charge in [0.2, 0.25) is 4.77 Å². The highest BCUT2D eigenvalue weighted by Crippen LogP contribution is 2.27. The lowest BCUT2D eigenvalue weighted by atomic mass is 10.3. The Hall–Kier alpha value is -1.92. The number of nitrogens with zero attached hydrogens (tertiary/aromatic N) is 3. The Kier molecular flexibility index (Phi) is 5.85. The molecular weight excluding hydrogens is 391 g/mol. The van der Waals surface area contributed by atoms with Crippen molar-refractivity contribution in [2.75, 3.05) is 12.9 Å². The molecular formula is C13H15FN4O4S3. The van der Waals surface area contributed by atoms with E-state index < -0.39 is 26.8 Å². The molecule has 25 heavy (non-hydrogen) atoms. The van der Waals surface area contributed by atoms with Crippen molar-refractivity contribution in [3.05, 3.63) is 28.8 Å². The minimum absolute atomic E-state index is 0.0516. The number of carbonyl (C=O) groups excluding carboxylic acids is 1. The molecule has 2 aromatic rings. The summed E-state index contributed by atoms with van der Waals surface area (Å²) in [4.78, 5) is 11.8. The quantitative estimate of drug-likeness (QED) is 0.600. The number of carbonyl (C=O) groups is 1. The van der Waals surface area contributed by atoms with Gasteiger partial charge in [-0.25, -0.2) is 22.3 Å². The van der Waals surface area contributed by atoms with Crippen LogP contribution in [0.4, 0.5) is 9.18 Å². The third-order valence-electron chi connectivity index (χ3n) is 3.05. The minimum atomic E-state index is -4.47. The van der Waals surface area contributed by atoms with Crippen LogP contribution in [0.5, 0.6) is 6.01 Å². The molecule has 1 aromatic heterocycles. The van der Waals surface area contributed by atoms with E-state index in [0.717, 1.165) is 17.8 Å². The zero-order valence-electron chi connectivity index (χ0n) is 13.5. The van der Waals surface area contributed by atoms with Gasteiger partial charge in [-0.05, 0) is 37.5 Å². The van der Waals surface area contributed by atoms with E-state index >= 15 is 0 Å². The molecule has 0 unspecified atom stereocenters. The molecule has 0 aliphatic carbocycles. The van der Waals surface area contributed by atoms with E-state index in [1.807, 2.05) is 0 Å². The summed E-state index contributed by atoms with van der Waals surface area (Å²) >= 11 is 6.07. The predicted molar refractivity (Wildman–Crippen MR) is 92.5 cm³/mol. The van der Waals surface area contributed by atoms with E-state index in [4.69, 9.17) is 17.0 Å². The van der Waals surface area contributed by atoms with Crippen LogP contribution in [0.2, 0.25) is 0 Å². The molecule has 0 atom stereocenters. The van der Waals surface area contributed by atoms with Gasteiger partial charge in [0.05, 0.1) is 6.61 Å². The molecule has 0 aliphatic rings. The second-order valence-corrected chi connectivity index (χ2v) is 7.48. The highest BCUT2D eigenvalue weighted by Gasteiger charge is 2.27. The van der Waals surface area contributed by atoms with Crippen molar-refractivity contribution in [3.63, 3.8) is 0 Å². The molecule has 1 heterocycles. The topological polar surface area (TPSA) is 95.2 Å². The molecule has 1 amide bonds. The van der Waals surface area contributed by atoms with Crippen molar-refractivity contribution >= 4 is 40.0 Å². The van der Waals surface area contributed by atoms with Crippen molar-refractivity contribution in [1.29, 1.82) is 0 Å². The largest absolute Gasteiger partial charge is 0.464 e. The maximum absolute atomic E-state index is 14.0. The summed E-state index contributed by atoms with van der Waals surface area (Å²) in [5.74, 6) is -0.966. The number of hydrogen-bond acceptors (Lipinski definition) is 7. The number of ether oxygens (including phenoxy) is 1. The maximum Gasteiger partial charge on any atom is 0.358 e. The Bertz CT molecular complexity index is 968. The van der Waals surface area contributed by atoms with Crippen LogP contribution in [0.25, 0.3) is 0 Å². The van der Waals surface area contributed by atoms with E-state index in [1.165, 1.54) is 23.7 Å². The average Bonchev–Trinajstić information content (AvgIpc) is 2.83. The average molecular weight is 406 g/mol. The van der Waals surface area contributed by atoms with Gasteiger partial charge in [-0.1, -0.05) is 6.07 Å². The first-order chi connectivity index (χ1) is 11.7. The highest BCUT2D eigenvalue weighted by atomic mass is 32.2. The zero-order chi connectivity index (χ0) is 18.8. The fourth-order valence-corrected chi connectivity index (χ4v) is 4.28. The van der Waals surface area contributed by atoms with Crippen molar-refractivity contribution in [3.8, 4) is 6.01 Å². The van der Waals surface area contributed by atoms with Crippen molar-refractivity contribution in [2.24, 2.45) is 7.05 Å². The van der Waals surface area contributed by atoms with Gasteiger partial charge in [-0.15, -0.1) is 21.5 Å². The van der Waals surface area contributed by atoms with Crippen LogP contribution < -0.4 is 9.46 Å². The first-order valence-corrected chi connectivity index (χ1v) is 10.0. The van der Waals surface area contributed by atoms with E-state index in [1.54, 1.807) is 17.9 Å². The monoisotopic (exact) mass is 406 g/mol. The van der Waals surface area contributed by atoms with E-state index in [9.17, 15) is 17.6 Å². The zero-order valence-corrected chi connectivity index (χ0v) is 16.0. The summed E-state index contributed by atoms with van der Waals surface area (Å²) in [6.07, 6.45) is 1.60. The number of aromatic nitrogens is 3. The summed E-state index contributed by atoms with van der Waals surface area (Å²) in [6.45, 7) is 2.00. The van der Waals surface area contributed by atoms with E-state index in [2.05, 4.69) is 5.10 Å². The summed E-state index contributed by atoms with van der Waals surface area (Å²) < 4.78 is 47.8. The van der Waals surface area contributed by atoms with Crippen molar-refractivity contribution in [2.45, 2.75) is 16.7 Å². The van der Waals surface area contributed by atoms with Crippen LogP contribution in [0.1, 0.15) is 6.92 Å². The number of benzene rings is 1. The van der Waals surface area contributed by atoms with Crippen molar-refractivity contribution < 1.29 is 22.3 Å². The second-order valence-electron chi connectivity index (χ2n) is 4.65. The van der Waals surface area contributed by atoms with E-state index in [0.29, 0.717) is 4.68 Å². The summed E-state index contributed by atoms with van der Waals surface area (Å²) in [6, 6.07) is 2.73. The number of sulfonamides is 1. The molecule has 1 aromatic carbocycles. The molecule has 0 aliphatic heterocycles.